The Balaban J connectivity index is 1.25. The highest BCUT2D eigenvalue weighted by molar-refractivity contribution is 6.00. The summed E-state index contributed by atoms with van der Waals surface area (Å²) in [7, 11) is 0. The van der Waals surface area contributed by atoms with E-state index in [0.29, 0.717) is 13.2 Å². The van der Waals surface area contributed by atoms with Gasteiger partial charge in [0.15, 0.2) is 0 Å². The number of carbonyl (C=O) groups is 2. The van der Waals surface area contributed by atoms with Crippen molar-refractivity contribution >= 4 is 17.5 Å². The van der Waals surface area contributed by atoms with Gasteiger partial charge >= 0.3 is 0 Å². The molecular weight excluding hydrogens is 390 g/mol. The van der Waals surface area contributed by atoms with Crippen LogP contribution in [-0.2, 0) is 16.1 Å². The highest BCUT2D eigenvalue weighted by Gasteiger charge is 2.36. The molecule has 6 nitrogen and oxygen atoms in total. The van der Waals surface area contributed by atoms with Gasteiger partial charge in [0.2, 0.25) is 11.8 Å². The molecule has 0 saturated carbocycles. The molecule has 2 aliphatic heterocycles. The minimum Gasteiger partial charge on any atom is -0.494 e. The van der Waals surface area contributed by atoms with E-state index in [1.807, 2.05) is 37.3 Å². The van der Waals surface area contributed by atoms with Gasteiger partial charge in [-0.25, -0.2) is 0 Å². The van der Waals surface area contributed by atoms with Crippen molar-refractivity contribution in [2.24, 2.45) is 5.92 Å². The minimum atomic E-state index is -0.290. The lowest BCUT2D eigenvalue weighted by Crippen LogP contribution is -2.46. The van der Waals surface area contributed by atoms with Crippen molar-refractivity contribution in [2.75, 3.05) is 31.1 Å². The molecule has 1 N–H and O–H groups in total. The fourth-order valence-electron chi connectivity index (χ4n) is 4.42. The molecule has 164 valence electrons. The third-order valence-electron chi connectivity index (χ3n) is 6.14. The van der Waals surface area contributed by atoms with E-state index < -0.39 is 0 Å². The van der Waals surface area contributed by atoms with Gasteiger partial charge in [-0.1, -0.05) is 30.3 Å². The molecule has 31 heavy (non-hydrogen) atoms. The summed E-state index contributed by atoms with van der Waals surface area (Å²) in [6.45, 7) is 5.88. The summed E-state index contributed by atoms with van der Waals surface area (Å²) in [5, 5.41) is 3.20. The van der Waals surface area contributed by atoms with Crippen LogP contribution in [0.3, 0.4) is 0 Å². The van der Waals surface area contributed by atoms with E-state index in [2.05, 4.69) is 34.5 Å². The van der Waals surface area contributed by atoms with Crippen LogP contribution < -0.4 is 15.0 Å². The highest BCUT2D eigenvalue weighted by atomic mass is 16.5. The zero-order valence-corrected chi connectivity index (χ0v) is 18.1. The first-order valence-corrected chi connectivity index (χ1v) is 11.2. The molecule has 0 aromatic heterocycles. The van der Waals surface area contributed by atoms with Gasteiger partial charge in [0, 0.05) is 44.3 Å². The molecule has 2 heterocycles. The van der Waals surface area contributed by atoms with Crippen molar-refractivity contribution in [1.29, 1.82) is 0 Å². The monoisotopic (exact) mass is 421 g/mol. The lowest BCUT2D eigenvalue weighted by molar-refractivity contribution is -0.127. The molecule has 1 unspecified atom stereocenters. The molecule has 6 heteroatoms. The number of rotatable bonds is 7. The van der Waals surface area contributed by atoms with Crippen LogP contribution in [0.1, 0.15) is 31.7 Å². The zero-order chi connectivity index (χ0) is 21.6. The molecule has 2 aliphatic rings. The summed E-state index contributed by atoms with van der Waals surface area (Å²) in [5.41, 5.74) is 2.14. The largest absolute Gasteiger partial charge is 0.494 e. The maximum atomic E-state index is 12.8. The number of nitrogens with one attached hydrogen (secondary N) is 1. The Hall–Kier alpha value is -2.86. The number of benzene rings is 2. The van der Waals surface area contributed by atoms with Crippen LogP contribution in [0.4, 0.5) is 5.69 Å². The van der Waals surface area contributed by atoms with E-state index >= 15 is 0 Å². The number of nitrogens with zero attached hydrogens (tertiary/aromatic N) is 2. The molecule has 2 saturated heterocycles. The minimum absolute atomic E-state index is 0.00184. The van der Waals surface area contributed by atoms with Gasteiger partial charge in [-0.05, 0) is 49.6 Å². The molecule has 2 aromatic rings. The summed E-state index contributed by atoms with van der Waals surface area (Å²) >= 11 is 0. The predicted molar refractivity (Wildman–Crippen MR) is 121 cm³/mol. The summed E-state index contributed by atoms with van der Waals surface area (Å²) in [6.07, 6.45) is 2.16. The first-order valence-electron chi connectivity index (χ1n) is 11.2. The number of hydrogen-bond donors (Lipinski definition) is 1. The number of carbonyl (C=O) groups excluding carboxylic acids is 2. The molecule has 1 atom stereocenters. The maximum absolute atomic E-state index is 12.8. The van der Waals surface area contributed by atoms with E-state index in [1.165, 1.54) is 5.56 Å². The second kappa shape index (κ2) is 9.96. The van der Waals surface area contributed by atoms with Crippen molar-refractivity contribution < 1.29 is 14.3 Å². The quantitative estimate of drug-likeness (QED) is 0.746. The van der Waals surface area contributed by atoms with Crippen LogP contribution in [-0.4, -0.2) is 49.0 Å². The Kier molecular flexibility index (Phi) is 6.87. The van der Waals surface area contributed by atoms with Crippen LogP contribution in [0.2, 0.25) is 0 Å². The normalized spacial score (nSPS) is 20.1. The predicted octanol–water partition coefficient (Wildman–Crippen LogP) is 3.22. The van der Waals surface area contributed by atoms with Crippen molar-refractivity contribution in [3.05, 3.63) is 60.2 Å². The van der Waals surface area contributed by atoms with E-state index in [4.69, 9.17) is 4.74 Å². The topological polar surface area (TPSA) is 61.9 Å². The Labute approximate surface area is 184 Å². The van der Waals surface area contributed by atoms with E-state index in [0.717, 1.165) is 43.9 Å². The molecule has 0 aliphatic carbocycles. The van der Waals surface area contributed by atoms with Gasteiger partial charge in [0.1, 0.15) is 5.75 Å². The number of likely N-dealkylation sites (tertiary alicyclic amines) is 1. The second-order valence-electron chi connectivity index (χ2n) is 8.38. The van der Waals surface area contributed by atoms with Gasteiger partial charge < -0.3 is 15.0 Å². The zero-order valence-electron chi connectivity index (χ0n) is 18.1. The Morgan fingerprint density at radius 3 is 2.45 bits per heavy atom. The van der Waals surface area contributed by atoms with Crippen LogP contribution >= 0.6 is 0 Å². The number of ether oxygens (including phenoxy) is 1. The molecule has 0 spiro atoms. The molecule has 4 rings (SSSR count). The number of anilines is 1. The third-order valence-corrected chi connectivity index (χ3v) is 6.14. The van der Waals surface area contributed by atoms with Crippen LogP contribution in [0.5, 0.6) is 5.75 Å². The van der Waals surface area contributed by atoms with E-state index in [1.54, 1.807) is 4.90 Å². The Bertz CT molecular complexity index is 877. The van der Waals surface area contributed by atoms with Crippen molar-refractivity contribution in [2.45, 2.75) is 38.8 Å². The van der Waals surface area contributed by atoms with E-state index in [-0.39, 0.29) is 30.2 Å². The van der Waals surface area contributed by atoms with Gasteiger partial charge in [-0.2, -0.15) is 0 Å². The fraction of sp³-hybridized carbons (Fsp3) is 0.440. The van der Waals surface area contributed by atoms with Gasteiger partial charge in [0.25, 0.3) is 0 Å². The lowest BCUT2D eigenvalue weighted by Gasteiger charge is -2.32. The third kappa shape index (κ3) is 5.44. The van der Waals surface area contributed by atoms with Crippen LogP contribution in [0, 0.1) is 5.92 Å². The summed E-state index contributed by atoms with van der Waals surface area (Å²) in [5.74, 6) is 0.498. The maximum Gasteiger partial charge on any atom is 0.227 e. The highest BCUT2D eigenvalue weighted by Crippen LogP contribution is 2.27. The van der Waals surface area contributed by atoms with Crippen molar-refractivity contribution in [3.8, 4) is 5.75 Å². The average Bonchev–Trinajstić information content (AvgIpc) is 3.18. The Morgan fingerprint density at radius 1 is 1.06 bits per heavy atom. The summed E-state index contributed by atoms with van der Waals surface area (Å²) in [4.78, 5) is 29.5. The second-order valence-corrected chi connectivity index (χ2v) is 8.38. The summed E-state index contributed by atoms with van der Waals surface area (Å²) < 4.78 is 5.46. The van der Waals surface area contributed by atoms with Crippen LogP contribution in [0.15, 0.2) is 54.6 Å². The first-order chi connectivity index (χ1) is 15.1. The summed E-state index contributed by atoms with van der Waals surface area (Å²) in [6, 6.07) is 18.2. The van der Waals surface area contributed by atoms with Gasteiger partial charge in [-0.3, -0.25) is 14.5 Å². The number of amides is 2. The molecule has 2 fully saturated rings. The number of piperidine rings is 1. The van der Waals surface area contributed by atoms with Crippen molar-refractivity contribution in [1.82, 2.24) is 10.2 Å². The lowest BCUT2D eigenvalue weighted by atomic mass is 10.0. The molecule has 2 aromatic carbocycles. The standard InChI is InChI=1S/C25H31N3O3/c1-2-31-23-10-8-22(9-11-23)28-18-20(16-24(28)29)25(30)26-21-12-14-27(15-13-21)17-19-6-4-3-5-7-19/h3-11,20-21H,2,12-18H2,1H3,(H,26,30). The molecule has 0 bridgehead atoms. The van der Waals surface area contributed by atoms with Crippen LogP contribution in [0.25, 0.3) is 0 Å². The molecule has 2 amide bonds. The van der Waals surface area contributed by atoms with E-state index in [9.17, 15) is 9.59 Å². The SMILES string of the molecule is CCOc1ccc(N2CC(C(=O)NC3CCN(Cc4ccccc4)CC3)CC2=O)cc1. The van der Waals surface area contributed by atoms with Crippen molar-refractivity contribution in [3.63, 3.8) is 0 Å². The molecule has 0 radical (unpaired) electrons. The Morgan fingerprint density at radius 2 is 1.77 bits per heavy atom. The average molecular weight is 422 g/mol. The fourth-order valence-corrected chi connectivity index (χ4v) is 4.42. The smallest absolute Gasteiger partial charge is 0.227 e. The first kappa shape index (κ1) is 21.4. The van der Waals surface area contributed by atoms with Gasteiger partial charge in [0.05, 0.1) is 12.5 Å². The number of hydrogen-bond acceptors (Lipinski definition) is 4. The van der Waals surface area contributed by atoms with Gasteiger partial charge in [-0.15, -0.1) is 0 Å². The molecular formula is C25H31N3O3.